The van der Waals surface area contributed by atoms with Crippen molar-refractivity contribution in [1.29, 1.82) is 0 Å². The van der Waals surface area contributed by atoms with Crippen molar-refractivity contribution in [3.8, 4) is 28.1 Å². The zero-order valence-corrected chi connectivity index (χ0v) is 22.2. The molecule has 5 rings (SSSR count). The second-order valence-electron chi connectivity index (χ2n) is 10.4. The Morgan fingerprint density at radius 2 is 1.87 bits per heavy atom. The number of nitrogens with one attached hydrogen (secondary N) is 2. The maximum absolute atomic E-state index is 12.4. The van der Waals surface area contributed by atoms with E-state index in [-0.39, 0.29) is 6.09 Å². The highest BCUT2D eigenvalue weighted by molar-refractivity contribution is 5.90. The first-order valence-corrected chi connectivity index (χ1v) is 12.8. The summed E-state index contributed by atoms with van der Waals surface area (Å²) in [5.41, 5.74) is 4.51. The first kappa shape index (κ1) is 25.4. The lowest BCUT2D eigenvalue weighted by Gasteiger charge is -2.33. The van der Waals surface area contributed by atoms with Crippen molar-refractivity contribution >= 4 is 23.2 Å². The van der Waals surface area contributed by atoms with Crippen molar-refractivity contribution in [2.75, 3.05) is 32.1 Å². The van der Waals surface area contributed by atoms with E-state index in [9.17, 15) is 4.79 Å². The van der Waals surface area contributed by atoms with Crippen LogP contribution in [0, 0.1) is 5.92 Å². The summed E-state index contributed by atoms with van der Waals surface area (Å²) in [5, 5.41) is 3.41. The summed E-state index contributed by atoms with van der Waals surface area (Å²) < 4.78 is 11.1. The van der Waals surface area contributed by atoms with Crippen LogP contribution in [0.25, 0.3) is 33.5 Å². The van der Waals surface area contributed by atoms with Crippen LogP contribution in [-0.2, 0) is 4.74 Å². The van der Waals surface area contributed by atoms with Gasteiger partial charge in [-0.2, -0.15) is 4.98 Å². The van der Waals surface area contributed by atoms with Crippen LogP contribution in [0.1, 0.15) is 33.6 Å². The van der Waals surface area contributed by atoms with Crippen LogP contribution in [0.3, 0.4) is 0 Å². The van der Waals surface area contributed by atoms with E-state index in [4.69, 9.17) is 14.5 Å². The van der Waals surface area contributed by atoms with Crippen molar-refractivity contribution in [2.45, 2.75) is 39.2 Å². The van der Waals surface area contributed by atoms with Gasteiger partial charge in [0.25, 0.3) is 0 Å². The molecule has 0 bridgehead atoms. The van der Waals surface area contributed by atoms with Gasteiger partial charge in [-0.05, 0) is 75.4 Å². The monoisotopic (exact) mass is 515 g/mol. The molecule has 10 nitrogen and oxygen atoms in total. The number of benzene rings is 1. The van der Waals surface area contributed by atoms with Crippen LogP contribution in [0.2, 0.25) is 0 Å². The normalized spacial score (nSPS) is 14.5. The van der Waals surface area contributed by atoms with Crippen molar-refractivity contribution in [3.63, 3.8) is 0 Å². The molecule has 4 heterocycles. The lowest BCUT2D eigenvalue weighted by Crippen LogP contribution is -2.42. The second kappa shape index (κ2) is 10.6. The lowest BCUT2D eigenvalue weighted by atomic mass is 9.97. The number of piperidine rings is 1. The molecule has 0 unspecified atom stereocenters. The molecule has 0 atom stereocenters. The third kappa shape index (κ3) is 5.69. The van der Waals surface area contributed by atoms with E-state index < -0.39 is 5.60 Å². The zero-order valence-electron chi connectivity index (χ0n) is 22.2. The Hall–Kier alpha value is -4.21. The predicted molar refractivity (Wildman–Crippen MR) is 146 cm³/mol. The SMILES string of the molecule is COc1ccc(-c2nc(NCC3CCN(C(=O)OC(C)(C)C)CC3)nc3nc[nH]c23)cc1-c1ccncc1. The Kier molecular flexibility index (Phi) is 7.13. The number of rotatable bonds is 6. The minimum absolute atomic E-state index is 0.244. The fraction of sp³-hybridized carbons (Fsp3) is 0.393. The Balaban J connectivity index is 1.33. The molecule has 1 fully saturated rings. The van der Waals surface area contributed by atoms with E-state index >= 15 is 0 Å². The third-order valence-corrected chi connectivity index (χ3v) is 6.56. The Bertz CT molecular complexity index is 1410. The fourth-order valence-corrected chi connectivity index (χ4v) is 4.62. The van der Waals surface area contributed by atoms with Crippen LogP contribution in [0.15, 0.2) is 49.1 Å². The summed E-state index contributed by atoms with van der Waals surface area (Å²) in [5.74, 6) is 1.69. The molecular weight excluding hydrogens is 482 g/mol. The number of amides is 1. The van der Waals surface area contributed by atoms with E-state index in [1.165, 1.54) is 0 Å². The largest absolute Gasteiger partial charge is 0.496 e. The quantitative estimate of drug-likeness (QED) is 0.362. The van der Waals surface area contributed by atoms with E-state index in [1.54, 1.807) is 30.7 Å². The van der Waals surface area contributed by atoms with Gasteiger partial charge < -0.3 is 24.7 Å². The molecule has 38 heavy (non-hydrogen) atoms. The van der Waals surface area contributed by atoms with Gasteiger partial charge >= 0.3 is 6.09 Å². The average molecular weight is 516 g/mol. The first-order chi connectivity index (χ1) is 18.3. The molecule has 0 aliphatic carbocycles. The summed E-state index contributed by atoms with van der Waals surface area (Å²) in [6.45, 7) is 7.72. The summed E-state index contributed by atoms with van der Waals surface area (Å²) in [4.78, 5) is 35.4. The van der Waals surface area contributed by atoms with Gasteiger partial charge in [0, 0.05) is 43.2 Å². The molecule has 0 saturated carbocycles. The van der Waals surface area contributed by atoms with Gasteiger partial charge in [-0.25, -0.2) is 14.8 Å². The Morgan fingerprint density at radius 3 is 2.58 bits per heavy atom. The van der Waals surface area contributed by atoms with Gasteiger partial charge in [-0.1, -0.05) is 0 Å². The minimum Gasteiger partial charge on any atom is -0.496 e. The number of hydrogen-bond donors (Lipinski definition) is 2. The molecule has 1 aliphatic heterocycles. The van der Waals surface area contributed by atoms with Gasteiger partial charge in [-0.3, -0.25) is 4.98 Å². The van der Waals surface area contributed by atoms with E-state index in [1.807, 2.05) is 45.0 Å². The van der Waals surface area contributed by atoms with Gasteiger partial charge in [0.1, 0.15) is 22.6 Å². The van der Waals surface area contributed by atoms with E-state index in [0.717, 1.165) is 46.5 Å². The number of fused-ring (bicyclic) bond motifs is 1. The predicted octanol–water partition coefficient (Wildman–Crippen LogP) is 5.15. The van der Waals surface area contributed by atoms with Crippen LogP contribution >= 0.6 is 0 Å². The van der Waals surface area contributed by atoms with E-state index in [2.05, 4.69) is 31.3 Å². The molecule has 2 N–H and O–H groups in total. The summed E-state index contributed by atoms with van der Waals surface area (Å²) in [6, 6.07) is 9.90. The number of anilines is 1. The van der Waals surface area contributed by atoms with Crippen LogP contribution in [-0.4, -0.2) is 68.3 Å². The molecule has 1 amide bonds. The number of hydrogen-bond acceptors (Lipinski definition) is 8. The van der Waals surface area contributed by atoms with Crippen molar-refractivity contribution in [3.05, 3.63) is 49.1 Å². The molecule has 10 heteroatoms. The number of likely N-dealkylation sites (tertiary alicyclic amines) is 1. The summed E-state index contributed by atoms with van der Waals surface area (Å²) in [7, 11) is 1.66. The van der Waals surface area contributed by atoms with Gasteiger partial charge in [0.15, 0.2) is 5.65 Å². The lowest BCUT2D eigenvalue weighted by molar-refractivity contribution is 0.0188. The molecule has 1 saturated heterocycles. The van der Waals surface area contributed by atoms with E-state index in [0.29, 0.717) is 37.1 Å². The minimum atomic E-state index is -0.488. The fourth-order valence-electron chi connectivity index (χ4n) is 4.62. The van der Waals surface area contributed by atoms with Gasteiger partial charge in [0.05, 0.1) is 13.4 Å². The van der Waals surface area contributed by atoms with Crippen molar-refractivity contribution in [1.82, 2.24) is 29.8 Å². The second-order valence-corrected chi connectivity index (χ2v) is 10.4. The first-order valence-electron chi connectivity index (χ1n) is 12.8. The molecule has 1 aliphatic rings. The number of ether oxygens (including phenoxy) is 2. The smallest absolute Gasteiger partial charge is 0.410 e. The highest BCUT2D eigenvalue weighted by Crippen LogP contribution is 2.35. The number of aromatic nitrogens is 5. The van der Waals surface area contributed by atoms with Gasteiger partial charge in [-0.15, -0.1) is 0 Å². The topological polar surface area (TPSA) is 118 Å². The summed E-state index contributed by atoms with van der Waals surface area (Å²) in [6.07, 6.45) is 6.69. The number of methoxy groups -OCH3 is 1. The number of nitrogens with zero attached hydrogens (tertiary/aromatic N) is 5. The highest BCUT2D eigenvalue weighted by Gasteiger charge is 2.27. The average Bonchev–Trinajstić information content (AvgIpc) is 3.40. The van der Waals surface area contributed by atoms with Crippen LogP contribution < -0.4 is 10.1 Å². The molecule has 0 spiro atoms. The molecule has 4 aromatic rings. The molecule has 0 radical (unpaired) electrons. The molecule has 1 aromatic carbocycles. The maximum atomic E-state index is 12.4. The van der Waals surface area contributed by atoms with Gasteiger partial charge in [0.2, 0.25) is 5.95 Å². The standard InChI is InChI=1S/C28H33N7O3/c1-28(2,3)38-27(36)35-13-9-18(10-14-35)16-30-26-33-23(24-25(34-26)32-17-31-24)20-5-6-22(37-4)21(15-20)19-7-11-29-12-8-19/h5-8,11-12,15,17-18H,9-10,13-14,16H2,1-4H3,(H2,30,31,32,33,34). The van der Waals surface area contributed by atoms with Crippen molar-refractivity contribution in [2.24, 2.45) is 5.92 Å². The third-order valence-electron chi connectivity index (χ3n) is 6.56. The number of aromatic amines is 1. The number of carbonyl (C=O) groups is 1. The maximum Gasteiger partial charge on any atom is 0.410 e. The number of pyridine rings is 1. The number of carbonyl (C=O) groups excluding carboxylic acids is 1. The molecule has 198 valence electrons. The molecule has 3 aromatic heterocycles. The molecular formula is C28H33N7O3. The number of imidazole rings is 1. The highest BCUT2D eigenvalue weighted by atomic mass is 16.6. The van der Waals surface area contributed by atoms with Crippen LogP contribution in [0.4, 0.5) is 10.7 Å². The Labute approximate surface area is 221 Å². The zero-order chi connectivity index (χ0) is 26.7. The Morgan fingerprint density at radius 1 is 1.11 bits per heavy atom. The van der Waals surface area contributed by atoms with Crippen molar-refractivity contribution < 1.29 is 14.3 Å². The van der Waals surface area contributed by atoms with Crippen LogP contribution in [0.5, 0.6) is 5.75 Å². The summed E-state index contributed by atoms with van der Waals surface area (Å²) >= 11 is 0. The number of H-pyrrole nitrogens is 1.